The van der Waals surface area contributed by atoms with Crippen molar-refractivity contribution in [1.29, 1.82) is 0 Å². The van der Waals surface area contributed by atoms with Crippen LogP contribution in [0.15, 0.2) is 40.6 Å². The first kappa shape index (κ1) is 18.0. The van der Waals surface area contributed by atoms with Crippen molar-refractivity contribution < 1.29 is 9.13 Å². The molecule has 0 aliphatic carbocycles. The van der Waals surface area contributed by atoms with Gasteiger partial charge in [-0.2, -0.15) is 4.99 Å². The molecule has 1 aliphatic rings. The zero-order chi connectivity index (χ0) is 17.9. The van der Waals surface area contributed by atoms with Crippen molar-refractivity contribution in [2.75, 3.05) is 6.61 Å². The van der Waals surface area contributed by atoms with E-state index in [0.717, 1.165) is 23.3 Å². The Balaban J connectivity index is 2.11. The maximum Gasteiger partial charge on any atom is 0.221 e. The fourth-order valence-corrected chi connectivity index (χ4v) is 2.37. The number of nitrogens with zero attached hydrogens (tertiary/aromatic N) is 2. The highest BCUT2D eigenvalue weighted by Gasteiger charge is 2.22. The topological polar surface area (TPSA) is 72.0 Å². The Morgan fingerprint density at radius 2 is 2.12 bits per heavy atom. The van der Waals surface area contributed by atoms with Crippen LogP contribution in [0.5, 0.6) is 5.75 Å². The van der Waals surface area contributed by atoms with Crippen molar-refractivity contribution >= 4 is 11.7 Å². The van der Waals surface area contributed by atoms with E-state index in [1.54, 1.807) is 6.92 Å². The van der Waals surface area contributed by atoms with Crippen molar-refractivity contribution in [2.24, 2.45) is 15.7 Å². The summed E-state index contributed by atoms with van der Waals surface area (Å²) in [4.78, 5) is 8.10. The Kier molecular flexibility index (Phi) is 5.26. The molecule has 1 aliphatic heterocycles. The number of rotatable bonds is 4. The molecule has 130 valence electrons. The normalized spacial score (nSPS) is 18.6. The van der Waals surface area contributed by atoms with Crippen LogP contribution in [0.25, 0.3) is 0 Å². The minimum atomic E-state index is -1.54. The zero-order valence-corrected chi connectivity index (χ0v) is 14.7. The smallest absolute Gasteiger partial charge is 0.221 e. The molecule has 3 N–H and O–H groups in total. The number of alkyl halides is 1. The molecule has 1 unspecified atom stereocenters. The van der Waals surface area contributed by atoms with Crippen molar-refractivity contribution in [1.82, 2.24) is 5.32 Å². The highest BCUT2D eigenvalue weighted by Crippen LogP contribution is 2.33. The molecule has 0 spiro atoms. The van der Waals surface area contributed by atoms with Gasteiger partial charge in [0.1, 0.15) is 17.2 Å². The third-order valence-electron chi connectivity index (χ3n) is 3.94. The van der Waals surface area contributed by atoms with Crippen LogP contribution in [0.4, 0.5) is 4.39 Å². The molecule has 0 amide bonds. The maximum absolute atomic E-state index is 13.8. The molecule has 1 aromatic rings. The van der Waals surface area contributed by atoms with Gasteiger partial charge in [0.05, 0.1) is 18.4 Å². The number of benzene rings is 1. The molecule has 0 saturated heterocycles. The fourth-order valence-electron chi connectivity index (χ4n) is 2.37. The molecule has 1 atom stereocenters. The molecular weight excluding hydrogens is 307 g/mol. The molecular formula is C18H25FN4O. The Bertz CT molecular complexity index is 689. The lowest BCUT2D eigenvalue weighted by Crippen LogP contribution is -2.28. The number of hydrogen-bond acceptors (Lipinski definition) is 3. The Hall–Kier alpha value is -2.37. The first-order valence-corrected chi connectivity index (χ1v) is 7.94. The van der Waals surface area contributed by atoms with E-state index in [0.29, 0.717) is 12.4 Å². The molecule has 0 fully saturated rings. The summed E-state index contributed by atoms with van der Waals surface area (Å²) in [7, 11) is 0. The monoisotopic (exact) mass is 332 g/mol. The summed E-state index contributed by atoms with van der Waals surface area (Å²) in [6.07, 6.45) is 0.796. The number of aliphatic imine (C=N–C) groups is 2. The van der Waals surface area contributed by atoms with Crippen molar-refractivity contribution in [3.63, 3.8) is 0 Å². The molecule has 2 rings (SSSR count). The maximum atomic E-state index is 13.8. The number of nitrogens with two attached hydrogens (primary N) is 1. The van der Waals surface area contributed by atoms with Gasteiger partial charge in [0.2, 0.25) is 5.96 Å². The summed E-state index contributed by atoms with van der Waals surface area (Å²) in [5.41, 5.74) is 6.73. The second kappa shape index (κ2) is 7.03. The minimum Gasteiger partial charge on any atom is -0.493 e. The van der Waals surface area contributed by atoms with E-state index >= 15 is 0 Å². The van der Waals surface area contributed by atoms with Crippen LogP contribution in [-0.4, -0.2) is 23.9 Å². The molecule has 24 heavy (non-hydrogen) atoms. The third-order valence-corrected chi connectivity index (χ3v) is 3.94. The van der Waals surface area contributed by atoms with Gasteiger partial charge in [-0.1, -0.05) is 24.3 Å². The van der Waals surface area contributed by atoms with Crippen molar-refractivity contribution in [3.8, 4) is 5.75 Å². The van der Waals surface area contributed by atoms with Gasteiger partial charge < -0.3 is 15.8 Å². The summed E-state index contributed by atoms with van der Waals surface area (Å²) >= 11 is 0. The Labute approximate surface area is 142 Å². The van der Waals surface area contributed by atoms with Crippen molar-refractivity contribution in [2.45, 2.75) is 45.8 Å². The predicted molar refractivity (Wildman–Crippen MR) is 96.2 cm³/mol. The van der Waals surface area contributed by atoms with E-state index in [2.05, 4.69) is 27.9 Å². The summed E-state index contributed by atoms with van der Waals surface area (Å²) in [6, 6.07) is 6.11. The summed E-state index contributed by atoms with van der Waals surface area (Å²) in [5, 5.41) is 3.24. The highest BCUT2D eigenvalue weighted by atomic mass is 19.1. The Morgan fingerprint density at radius 1 is 1.42 bits per heavy atom. The largest absolute Gasteiger partial charge is 0.493 e. The molecule has 0 radical (unpaired) electrons. The van der Waals surface area contributed by atoms with E-state index in [9.17, 15) is 4.39 Å². The van der Waals surface area contributed by atoms with Gasteiger partial charge >= 0.3 is 0 Å². The molecule has 1 heterocycles. The van der Waals surface area contributed by atoms with Gasteiger partial charge in [-0.25, -0.2) is 9.38 Å². The number of ether oxygens (including phenoxy) is 1. The summed E-state index contributed by atoms with van der Waals surface area (Å²) in [6.45, 7) is 11.0. The molecule has 1 aromatic carbocycles. The number of fused-ring (bicyclic) bond motifs is 1. The van der Waals surface area contributed by atoms with Crippen LogP contribution in [0, 0.1) is 6.92 Å². The number of aryl methyl sites for hydroxylation is 1. The van der Waals surface area contributed by atoms with Gasteiger partial charge in [-0.15, -0.1) is 0 Å². The van der Waals surface area contributed by atoms with Crippen LogP contribution in [0.3, 0.4) is 0 Å². The lowest BCUT2D eigenvalue weighted by atomic mass is 9.98. The lowest BCUT2D eigenvalue weighted by Gasteiger charge is -2.27. The number of guanidine groups is 1. The fraction of sp³-hybridized carbons (Fsp3) is 0.444. The van der Waals surface area contributed by atoms with Crippen molar-refractivity contribution in [3.05, 3.63) is 41.7 Å². The summed E-state index contributed by atoms with van der Waals surface area (Å²) in [5.74, 6) is 1.23. The van der Waals surface area contributed by atoms with Crippen LogP contribution >= 0.6 is 0 Å². The number of hydrogen-bond donors (Lipinski definition) is 2. The van der Waals surface area contributed by atoms with E-state index in [-0.39, 0.29) is 17.7 Å². The predicted octanol–water partition coefficient (Wildman–Crippen LogP) is 3.40. The van der Waals surface area contributed by atoms with Gasteiger partial charge in [0.25, 0.3) is 0 Å². The average Bonchev–Trinajstić information content (AvgIpc) is 2.46. The van der Waals surface area contributed by atoms with Gasteiger partial charge in [0, 0.05) is 12.0 Å². The average molecular weight is 332 g/mol. The van der Waals surface area contributed by atoms with Gasteiger partial charge in [0.15, 0.2) is 0 Å². The highest BCUT2D eigenvalue weighted by molar-refractivity contribution is 5.99. The van der Waals surface area contributed by atoms with E-state index < -0.39 is 5.67 Å². The standard InChI is InChI=1S/C18H25FN4O/c1-11-6-7-16-14(10-11)15(8-9-24-16)22-13(3)23-17(20)21-12(2)18(4,5)19/h6-7,10,15,22H,3,8-9H2,1-2,4-5H3,(H2,20,23)/b21-12+. The van der Waals surface area contributed by atoms with Crippen LogP contribution < -0.4 is 15.8 Å². The first-order chi connectivity index (χ1) is 11.2. The van der Waals surface area contributed by atoms with E-state index in [4.69, 9.17) is 10.5 Å². The molecule has 6 heteroatoms. The summed E-state index contributed by atoms with van der Waals surface area (Å²) < 4.78 is 19.4. The molecule has 5 nitrogen and oxygen atoms in total. The number of halogens is 1. The first-order valence-electron chi connectivity index (χ1n) is 7.94. The molecule has 0 bridgehead atoms. The van der Waals surface area contributed by atoms with E-state index in [1.807, 2.05) is 19.1 Å². The Morgan fingerprint density at radius 3 is 2.79 bits per heavy atom. The second-order valence-electron chi connectivity index (χ2n) is 6.46. The van der Waals surface area contributed by atoms with Crippen LogP contribution in [0.2, 0.25) is 0 Å². The van der Waals surface area contributed by atoms with Gasteiger partial charge in [-0.3, -0.25) is 0 Å². The number of nitrogens with one attached hydrogen (secondary N) is 1. The third kappa shape index (κ3) is 4.57. The van der Waals surface area contributed by atoms with Gasteiger partial charge in [-0.05, 0) is 33.8 Å². The van der Waals surface area contributed by atoms with Crippen LogP contribution in [-0.2, 0) is 0 Å². The van der Waals surface area contributed by atoms with Crippen LogP contribution in [0.1, 0.15) is 44.4 Å². The molecule has 0 aromatic heterocycles. The van der Waals surface area contributed by atoms with E-state index in [1.165, 1.54) is 13.8 Å². The minimum absolute atomic E-state index is 0.0211. The lowest BCUT2D eigenvalue weighted by molar-refractivity contribution is 0.258. The quantitative estimate of drug-likeness (QED) is 0.655. The zero-order valence-electron chi connectivity index (χ0n) is 14.7. The SMILES string of the molecule is C=C(/N=C(N)\N=C(/C)C(C)(C)F)NC1CCOc2ccc(C)cc21. The second-order valence-corrected chi connectivity index (χ2v) is 6.46. The molecule has 0 saturated carbocycles.